The van der Waals surface area contributed by atoms with Crippen molar-refractivity contribution in [2.75, 3.05) is 13.1 Å². The molecule has 5 heteroatoms. The molecule has 122 valence electrons. The van der Waals surface area contributed by atoms with E-state index in [1.165, 1.54) is 0 Å². The van der Waals surface area contributed by atoms with Crippen LogP contribution in [0.4, 0.5) is 0 Å². The van der Waals surface area contributed by atoms with Gasteiger partial charge in [0.2, 0.25) is 0 Å². The summed E-state index contributed by atoms with van der Waals surface area (Å²) in [6.07, 6.45) is 1.88. The third-order valence-corrected chi connectivity index (χ3v) is 4.36. The number of carbonyl (C=O) groups excluding carboxylic acids is 1. The van der Waals surface area contributed by atoms with E-state index in [2.05, 4.69) is 13.8 Å². The van der Waals surface area contributed by atoms with Gasteiger partial charge in [0.1, 0.15) is 0 Å². The normalized spacial score (nSPS) is 11.5. The standard InChI is InChI=1S/C18H21ClN2O2/c1-4-8-21(9-5-2)18(22)16-11-15-17(23-16)13-7-6-12(19)10-14(13)20(15)3/h6-7,10-11H,4-5,8-9H2,1-3H3. The minimum atomic E-state index is -0.0352. The molecule has 0 radical (unpaired) electrons. The number of aryl methyl sites for hydroxylation is 1. The molecule has 1 amide bonds. The lowest BCUT2D eigenvalue weighted by Crippen LogP contribution is -2.32. The summed E-state index contributed by atoms with van der Waals surface area (Å²) in [6.45, 7) is 5.65. The van der Waals surface area contributed by atoms with Crippen LogP contribution in [0.15, 0.2) is 28.7 Å². The molecule has 2 aromatic heterocycles. The fourth-order valence-electron chi connectivity index (χ4n) is 3.04. The van der Waals surface area contributed by atoms with Gasteiger partial charge in [0.05, 0.1) is 11.0 Å². The lowest BCUT2D eigenvalue weighted by atomic mass is 10.2. The minimum Gasteiger partial charge on any atom is -0.449 e. The second-order valence-electron chi connectivity index (χ2n) is 5.84. The Balaban J connectivity index is 2.06. The van der Waals surface area contributed by atoms with E-state index in [-0.39, 0.29) is 5.91 Å². The summed E-state index contributed by atoms with van der Waals surface area (Å²) < 4.78 is 7.94. The van der Waals surface area contributed by atoms with Gasteiger partial charge in [-0.1, -0.05) is 25.4 Å². The number of fused-ring (bicyclic) bond motifs is 3. The van der Waals surface area contributed by atoms with Gasteiger partial charge in [0.25, 0.3) is 5.91 Å². The molecule has 0 atom stereocenters. The second kappa shape index (κ2) is 6.28. The molecule has 3 aromatic rings. The summed E-state index contributed by atoms with van der Waals surface area (Å²) in [5, 5.41) is 1.66. The average molecular weight is 333 g/mol. The molecule has 0 saturated carbocycles. The number of halogens is 1. The molecule has 0 N–H and O–H groups in total. The first kappa shape index (κ1) is 15.9. The number of hydrogen-bond acceptors (Lipinski definition) is 2. The van der Waals surface area contributed by atoms with Crippen LogP contribution in [0, 0.1) is 0 Å². The third kappa shape index (κ3) is 2.72. The fraction of sp³-hybridized carbons (Fsp3) is 0.389. The van der Waals surface area contributed by atoms with E-state index >= 15 is 0 Å². The van der Waals surface area contributed by atoms with E-state index in [4.69, 9.17) is 16.0 Å². The molecule has 0 bridgehead atoms. The zero-order valence-corrected chi connectivity index (χ0v) is 14.5. The van der Waals surface area contributed by atoms with Crippen molar-refractivity contribution in [1.29, 1.82) is 0 Å². The van der Waals surface area contributed by atoms with Gasteiger partial charge in [-0.15, -0.1) is 0 Å². The largest absolute Gasteiger partial charge is 0.449 e. The molecule has 0 spiro atoms. The second-order valence-corrected chi connectivity index (χ2v) is 6.27. The van der Waals surface area contributed by atoms with Crippen LogP contribution in [-0.4, -0.2) is 28.5 Å². The van der Waals surface area contributed by atoms with Crippen LogP contribution >= 0.6 is 11.6 Å². The van der Waals surface area contributed by atoms with Gasteiger partial charge in [-0.3, -0.25) is 4.79 Å². The lowest BCUT2D eigenvalue weighted by Gasteiger charge is -2.19. The number of furan rings is 1. The highest BCUT2D eigenvalue weighted by molar-refractivity contribution is 6.31. The minimum absolute atomic E-state index is 0.0352. The van der Waals surface area contributed by atoms with E-state index < -0.39 is 0 Å². The van der Waals surface area contributed by atoms with E-state index in [1.807, 2.05) is 40.8 Å². The highest BCUT2D eigenvalue weighted by Gasteiger charge is 2.21. The SMILES string of the molecule is CCCN(CCC)C(=O)c1cc2c(o1)c1ccc(Cl)cc1n2C. The van der Waals surface area contributed by atoms with Crippen molar-refractivity contribution < 1.29 is 9.21 Å². The van der Waals surface area contributed by atoms with Gasteiger partial charge in [0.15, 0.2) is 11.3 Å². The number of carbonyl (C=O) groups is 1. The zero-order chi connectivity index (χ0) is 16.6. The maximum atomic E-state index is 12.7. The molecule has 2 heterocycles. The summed E-state index contributed by atoms with van der Waals surface area (Å²) in [6, 6.07) is 7.53. The fourth-order valence-corrected chi connectivity index (χ4v) is 3.21. The van der Waals surface area contributed by atoms with E-state index in [0.29, 0.717) is 10.8 Å². The molecular weight excluding hydrogens is 312 g/mol. The summed E-state index contributed by atoms with van der Waals surface area (Å²) in [4.78, 5) is 14.6. The van der Waals surface area contributed by atoms with Crippen LogP contribution in [0.2, 0.25) is 5.02 Å². The Hall–Kier alpha value is -1.94. The van der Waals surface area contributed by atoms with Gasteiger partial charge in [-0.25, -0.2) is 0 Å². The summed E-state index contributed by atoms with van der Waals surface area (Å²) in [5.41, 5.74) is 2.67. The molecule has 1 aromatic carbocycles. The highest BCUT2D eigenvalue weighted by Crippen LogP contribution is 2.32. The number of benzene rings is 1. The maximum absolute atomic E-state index is 12.7. The van der Waals surface area contributed by atoms with Crippen molar-refractivity contribution in [3.8, 4) is 0 Å². The Bertz CT molecular complexity index is 857. The first-order chi connectivity index (χ1) is 11.1. The quantitative estimate of drug-likeness (QED) is 0.670. The first-order valence-corrected chi connectivity index (χ1v) is 8.41. The van der Waals surface area contributed by atoms with Crippen LogP contribution < -0.4 is 0 Å². The Kier molecular flexibility index (Phi) is 4.35. The van der Waals surface area contributed by atoms with Crippen LogP contribution in [-0.2, 0) is 7.05 Å². The molecule has 0 saturated heterocycles. The predicted molar refractivity (Wildman–Crippen MR) is 94.2 cm³/mol. The predicted octanol–water partition coefficient (Wildman–Crippen LogP) is 4.84. The zero-order valence-electron chi connectivity index (χ0n) is 13.7. The summed E-state index contributed by atoms with van der Waals surface area (Å²) >= 11 is 6.07. The lowest BCUT2D eigenvalue weighted by molar-refractivity contribution is 0.0726. The van der Waals surface area contributed by atoms with E-state index in [1.54, 1.807) is 0 Å². The molecule has 0 aliphatic carbocycles. The molecule has 0 fully saturated rings. The van der Waals surface area contributed by atoms with Gasteiger partial charge >= 0.3 is 0 Å². The number of hydrogen-bond donors (Lipinski definition) is 0. The Morgan fingerprint density at radius 1 is 1.17 bits per heavy atom. The molecule has 3 rings (SSSR count). The summed E-state index contributed by atoms with van der Waals surface area (Å²) in [5.74, 6) is 0.372. The van der Waals surface area contributed by atoms with Gasteiger partial charge in [-0.05, 0) is 31.0 Å². The molecule has 4 nitrogen and oxygen atoms in total. The average Bonchev–Trinajstić information content (AvgIpc) is 3.07. The van der Waals surface area contributed by atoms with E-state index in [9.17, 15) is 4.79 Å². The molecule has 23 heavy (non-hydrogen) atoms. The number of aromatic nitrogens is 1. The van der Waals surface area contributed by atoms with Crippen molar-refractivity contribution in [1.82, 2.24) is 9.47 Å². The monoisotopic (exact) mass is 332 g/mol. The Morgan fingerprint density at radius 2 is 1.87 bits per heavy atom. The molecule has 0 unspecified atom stereocenters. The Morgan fingerprint density at radius 3 is 2.52 bits per heavy atom. The van der Waals surface area contributed by atoms with Gasteiger partial charge in [0, 0.05) is 36.6 Å². The smallest absolute Gasteiger partial charge is 0.289 e. The number of nitrogens with zero attached hydrogens (tertiary/aromatic N) is 2. The van der Waals surface area contributed by atoms with Crippen LogP contribution in [0.1, 0.15) is 37.2 Å². The summed E-state index contributed by atoms with van der Waals surface area (Å²) in [7, 11) is 1.96. The van der Waals surface area contributed by atoms with Crippen molar-refractivity contribution >= 4 is 39.5 Å². The van der Waals surface area contributed by atoms with Crippen molar-refractivity contribution in [3.63, 3.8) is 0 Å². The van der Waals surface area contributed by atoms with Crippen molar-refractivity contribution in [3.05, 3.63) is 35.0 Å². The topological polar surface area (TPSA) is 38.4 Å². The third-order valence-electron chi connectivity index (χ3n) is 4.12. The molecule has 0 aliphatic heterocycles. The molecular formula is C18H21ClN2O2. The van der Waals surface area contributed by atoms with Gasteiger partial charge < -0.3 is 13.9 Å². The van der Waals surface area contributed by atoms with Crippen LogP contribution in [0.3, 0.4) is 0 Å². The van der Waals surface area contributed by atoms with Crippen LogP contribution in [0.5, 0.6) is 0 Å². The van der Waals surface area contributed by atoms with Crippen molar-refractivity contribution in [2.24, 2.45) is 7.05 Å². The highest BCUT2D eigenvalue weighted by atomic mass is 35.5. The van der Waals surface area contributed by atoms with Crippen molar-refractivity contribution in [2.45, 2.75) is 26.7 Å². The maximum Gasteiger partial charge on any atom is 0.289 e. The number of rotatable bonds is 5. The first-order valence-electron chi connectivity index (χ1n) is 8.03. The van der Waals surface area contributed by atoms with Gasteiger partial charge in [-0.2, -0.15) is 0 Å². The number of amides is 1. The van der Waals surface area contributed by atoms with Crippen LogP contribution in [0.25, 0.3) is 22.0 Å². The Labute approximate surface area is 140 Å². The van der Waals surface area contributed by atoms with E-state index in [0.717, 1.165) is 47.9 Å². The molecule has 0 aliphatic rings.